The minimum Gasteiger partial charge on any atom is -0.321 e. The quantitative estimate of drug-likeness (QED) is 0.729. The van der Waals surface area contributed by atoms with Gasteiger partial charge in [0.05, 0.1) is 17.4 Å². The summed E-state index contributed by atoms with van der Waals surface area (Å²) in [6.07, 6.45) is 6.06. The molecule has 1 saturated carbocycles. The van der Waals surface area contributed by atoms with Gasteiger partial charge in [0.2, 0.25) is 0 Å². The average molecular weight is 346 g/mol. The van der Waals surface area contributed by atoms with Crippen molar-refractivity contribution in [3.63, 3.8) is 0 Å². The standard InChI is InChI=1S/C21H22N4O/c26-21(14-25-15-22-19-12-6-7-13-20(19)25)24-23-18-11-5-4-10-17(18)16-8-2-1-3-9-16/h1-3,6-9,12-13,15,17H,4-5,10-11,14H2,(H,24,26)/b23-18-/t17-/m0/s1. The SMILES string of the molecule is O=C(Cn1cnc2ccccc21)N/N=C1/CCCC[C@H]1c1ccccc1. The van der Waals surface area contributed by atoms with Crippen molar-refractivity contribution < 1.29 is 4.79 Å². The van der Waals surface area contributed by atoms with Gasteiger partial charge in [0, 0.05) is 11.6 Å². The van der Waals surface area contributed by atoms with Crippen molar-refractivity contribution in [1.29, 1.82) is 0 Å². The number of carbonyl (C=O) groups excluding carboxylic acids is 1. The molecule has 26 heavy (non-hydrogen) atoms. The second kappa shape index (κ2) is 7.52. The molecule has 5 heteroatoms. The predicted octanol–water partition coefficient (Wildman–Crippen LogP) is 3.87. The molecular formula is C21H22N4O. The van der Waals surface area contributed by atoms with Crippen LogP contribution in [0.4, 0.5) is 0 Å². The molecule has 1 aliphatic rings. The summed E-state index contributed by atoms with van der Waals surface area (Å²) in [7, 11) is 0. The molecule has 1 N–H and O–H groups in total. The Kier molecular flexibility index (Phi) is 4.78. The second-order valence-electron chi connectivity index (χ2n) is 6.71. The number of carbonyl (C=O) groups is 1. The van der Waals surface area contributed by atoms with Crippen LogP contribution in [0.3, 0.4) is 0 Å². The third-order valence-corrected chi connectivity index (χ3v) is 4.95. The number of aromatic nitrogens is 2. The van der Waals surface area contributed by atoms with E-state index in [1.54, 1.807) is 6.33 Å². The number of hydrogen-bond donors (Lipinski definition) is 1. The number of fused-ring (bicyclic) bond motifs is 1. The van der Waals surface area contributed by atoms with E-state index in [-0.39, 0.29) is 12.5 Å². The van der Waals surface area contributed by atoms with Crippen LogP contribution in [0.2, 0.25) is 0 Å². The third-order valence-electron chi connectivity index (χ3n) is 4.95. The fourth-order valence-corrected chi connectivity index (χ4v) is 3.63. The summed E-state index contributed by atoms with van der Waals surface area (Å²) in [4.78, 5) is 16.7. The molecule has 1 heterocycles. The zero-order valence-electron chi connectivity index (χ0n) is 14.6. The second-order valence-corrected chi connectivity index (χ2v) is 6.71. The van der Waals surface area contributed by atoms with Gasteiger partial charge in [-0.1, -0.05) is 48.9 Å². The Hall–Kier alpha value is -2.95. The number of nitrogens with zero attached hydrogens (tertiary/aromatic N) is 3. The average Bonchev–Trinajstić information content (AvgIpc) is 3.10. The van der Waals surface area contributed by atoms with Gasteiger partial charge in [0.25, 0.3) is 5.91 Å². The molecule has 1 fully saturated rings. The van der Waals surface area contributed by atoms with Gasteiger partial charge in [-0.15, -0.1) is 0 Å². The van der Waals surface area contributed by atoms with Crippen LogP contribution in [0.25, 0.3) is 11.0 Å². The third kappa shape index (κ3) is 3.52. The Labute approximate surface area is 152 Å². The van der Waals surface area contributed by atoms with Crippen LogP contribution < -0.4 is 5.43 Å². The van der Waals surface area contributed by atoms with Gasteiger partial charge in [-0.05, 0) is 37.0 Å². The lowest BCUT2D eigenvalue weighted by molar-refractivity contribution is -0.121. The van der Waals surface area contributed by atoms with Gasteiger partial charge in [0.1, 0.15) is 6.54 Å². The summed E-state index contributed by atoms with van der Waals surface area (Å²) in [5.41, 5.74) is 6.95. The molecule has 0 radical (unpaired) electrons. The molecule has 0 bridgehead atoms. The monoisotopic (exact) mass is 346 g/mol. The first-order valence-corrected chi connectivity index (χ1v) is 9.11. The van der Waals surface area contributed by atoms with E-state index in [4.69, 9.17) is 0 Å². The minimum absolute atomic E-state index is 0.127. The minimum atomic E-state index is -0.127. The fourth-order valence-electron chi connectivity index (χ4n) is 3.63. The van der Waals surface area contributed by atoms with Crippen LogP contribution in [0.1, 0.15) is 37.2 Å². The van der Waals surface area contributed by atoms with Gasteiger partial charge in [-0.25, -0.2) is 10.4 Å². The number of nitrogens with one attached hydrogen (secondary N) is 1. The van der Waals surface area contributed by atoms with Crippen LogP contribution in [-0.4, -0.2) is 21.2 Å². The van der Waals surface area contributed by atoms with Crippen molar-refractivity contribution in [1.82, 2.24) is 15.0 Å². The van der Waals surface area contributed by atoms with Crippen molar-refractivity contribution in [2.24, 2.45) is 5.10 Å². The van der Waals surface area contributed by atoms with Crippen LogP contribution >= 0.6 is 0 Å². The topological polar surface area (TPSA) is 59.3 Å². The fraction of sp³-hybridized carbons (Fsp3) is 0.286. The summed E-state index contributed by atoms with van der Waals surface area (Å²) in [5, 5.41) is 4.48. The maximum absolute atomic E-state index is 12.4. The zero-order chi connectivity index (χ0) is 17.8. The Morgan fingerprint density at radius 3 is 2.81 bits per heavy atom. The number of benzene rings is 2. The highest BCUT2D eigenvalue weighted by Gasteiger charge is 2.22. The van der Waals surface area contributed by atoms with Gasteiger partial charge >= 0.3 is 0 Å². The molecule has 1 aliphatic carbocycles. The molecule has 2 aromatic carbocycles. The molecule has 132 valence electrons. The maximum Gasteiger partial charge on any atom is 0.260 e. The highest BCUT2D eigenvalue weighted by atomic mass is 16.2. The van der Waals surface area contributed by atoms with Crippen molar-refractivity contribution in [3.8, 4) is 0 Å². The largest absolute Gasteiger partial charge is 0.321 e. The lowest BCUT2D eigenvalue weighted by atomic mass is 9.82. The van der Waals surface area contributed by atoms with Gasteiger partial charge in [0.15, 0.2) is 0 Å². The van der Waals surface area contributed by atoms with Crippen LogP contribution in [0.15, 0.2) is 66.0 Å². The number of imidazole rings is 1. The Bertz CT molecular complexity index is 929. The maximum atomic E-state index is 12.4. The first-order valence-electron chi connectivity index (χ1n) is 9.11. The number of amides is 1. The Morgan fingerprint density at radius 2 is 1.92 bits per heavy atom. The zero-order valence-corrected chi connectivity index (χ0v) is 14.6. The molecule has 5 nitrogen and oxygen atoms in total. The normalized spacial score (nSPS) is 18.9. The van der Waals surface area contributed by atoms with E-state index in [1.807, 2.05) is 34.9 Å². The molecule has 4 rings (SSSR count). The summed E-state index contributed by atoms with van der Waals surface area (Å²) in [6, 6.07) is 18.2. The summed E-state index contributed by atoms with van der Waals surface area (Å²) >= 11 is 0. The number of rotatable bonds is 4. The van der Waals surface area contributed by atoms with Crippen LogP contribution in [0, 0.1) is 0 Å². The van der Waals surface area contributed by atoms with Crippen LogP contribution in [-0.2, 0) is 11.3 Å². The highest BCUT2D eigenvalue weighted by molar-refractivity contribution is 5.92. The predicted molar refractivity (Wildman–Crippen MR) is 103 cm³/mol. The van der Waals surface area contributed by atoms with Crippen molar-refractivity contribution in [2.45, 2.75) is 38.1 Å². The van der Waals surface area contributed by atoms with E-state index in [1.165, 1.54) is 12.0 Å². The van der Waals surface area contributed by atoms with E-state index < -0.39 is 0 Å². The van der Waals surface area contributed by atoms with Gasteiger partial charge < -0.3 is 4.57 Å². The molecule has 1 amide bonds. The molecule has 0 saturated heterocycles. The number of hydrogen-bond acceptors (Lipinski definition) is 3. The molecular weight excluding hydrogens is 324 g/mol. The van der Waals surface area contributed by atoms with E-state index in [2.05, 4.69) is 39.8 Å². The van der Waals surface area contributed by atoms with Crippen molar-refractivity contribution >= 4 is 22.7 Å². The molecule has 0 unspecified atom stereocenters. The first kappa shape index (κ1) is 16.5. The van der Waals surface area contributed by atoms with Crippen LogP contribution in [0.5, 0.6) is 0 Å². The Morgan fingerprint density at radius 1 is 1.12 bits per heavy atom. The lowest BCUT2D eigenvalue weighted by Crippen LogP contribution is -2.27. The van der Waals surface area contributed by atoms with Crippen molar-refractivity contribution in [3.05, 3.63) is 66.5 Å². The molecule has 1 atom stereocenters. The molecule has 1 aromatic heterocycles. The van der Waals surface area contributed by atoms with E-state index in [9.17, 15) is 4.79 Å². The van der Waals surface area contributed by atoms with Gasteiger partial charge in [-0.3, -0.25) is 4.79 Å². The van der Waals surface area contributed by atoms with E-state index in [0.717, 1.165) is 36.0 Å². The lowest BCUT2D eigenvalue weighted by Gasteiger charge is -2.24. The van der Waals surface area contributed by atoms with Gasteiger partial charge in [-0.2, -0.15) is 5.10 Å². The van der Waals surface area contributed by atoms with Crippen molar-refractivity contribution in [2.75, 3.05) is 0 Å². The van der Waals surface area contributed by atoms with E-state index >= 15 is 0 Å². The summed E-state index contributed by atoms with van der Waals surface area (Å²) in [5.74, 6) is 0.178. The molecule has 3 aromatic rings. The molecule has 0 aliphatic heterocycles. The Balaban J connectivity index is 1.46. The molecule has 0 spiro atoms. The first-order chi connectivity index (χ1) is 12.8. The highest BCUT2D eigenvalue weighted by Crippen LogP contribution is 2.30. The number of hydrazone groups is 1. The number of para-hydroxylation sites is 2. The summed E-state index contributed by atoms with van der Waals surface area (Å²) in [6.45, 7) is 0.216. The smallest absolute Gasteiger partial charge is 0.260 e. The van der Waals surface area contributed by atoms with E-state index in [0.29, 0.717) is 5.92 Å². The summed E-state index contributed by atoms with van der Waals surface area (Å²) < 4.78 is 1.85.